The van der Waals surface area contributed by atoms with Crippen LogP contribution in [0.15, 0.2) is 54.6 Å². The Labute approximate surface area is 115 Å². The lowest BCUT2D eigenvalue weighted by atomic mass is 10.1. The second-order valence-corrected chi connectivity index (χ2v) is 4.50. The number of halogens is 1. The van der Waals surface area contributed by atoms with Gasteiger partial charge in [-0.05, 0) is 23.3 Å². The van der Waals surface area contributed by atoms with Gasteiger partial charge in [-0.2, -0.15) is 0 Å². The molecule has 0 saturated heterocycles. The predicted octanol–water partition coefficient (Wildman–Crippen LogP) is 4.12. The second-order valence-electron chi connectivity index (χ2n) is 3.94. The van der Waals surface area contributed by atoms with Gasteiger partial charge in [0.2, 0.25) is 5.90 Å². The molecule has 2 nitrogen and oxygen atoms in total. The highest BCUT2D eigenvalue weighted by atomic mass is 79.9. The minimum atomic E-state index is 0.208. The Kier molecular flexibility index (Phi) is 4.53. The van der Waals surface area contributed by atoms with Gasteiger partial charge in [0.25, 0.3) is 0 Å². The molecule has 0 aliphatic carbocycles. The molecule has 0 aliphatic heterocycles. The van der Waals surface area contributed by atoms with E-state index in [9.17, 15) is 0 Å². The van der Waals surface area contributed by atoms with Crippen LogP contribution in [0, 0.1) is 5.41 Å². The van der Waals surface area contributed by atoms with Gasteiger partial charge in [-0.15, -0.1) is 0 Å². The summed E-state index contributed by atoms with van der Waals surface area (Å²) < 4.78 is 5.48. The van der Waals surface area contributed by atoms with Crippen LogP contribution in [-0.4, -0.2) is 5.90 Å². The summed E-state index contributed by atoms with van der Waals surface area (Å²) in [5.41, 5.74) is 3.09. The monoisotopic (exact) mass is 303 g/mol. The fourth-order valence-corrected chi connectivity index (χ4v) is 1.98. The van der Waals surface area contributed by atoms with E-state index in [1.807, 2.05) is 42.5 Å². The van der Waals surface area contributed by atoms with Crippen LogP contribution in [0.1, 0.15) is 16.7 Å². The topological polar surface area (TPSA) is 33.1 Å². The molecule has 0 atom stereocenters. The van der Waals surface area contributed by atoms with Crippen molar-refractivity contribution in [3.63, 3.8) is 0 Å². The van der Waals surface area contributed by atoms with Gasteiger partial charge in [0, 0.05) is 10.9 Å². The molecule has 3 heteroatoms. The summed E-state index contributed by atoms with van der Waals surface area (Å²) in [6.45, 7) is 0.425. The standard InChI is InChI=1S/C15H14BrNO/c16-10-12-5-4-6-13(9-12)11-18-15(17)14-7-2-1-3-8-14/h1-9,17H,10-11H2. The summed E-state index contributed by atoms with van der Waals surface area (Å²) in [7, 11) is 0. The van der Waals surface area contributed by atoms with Gasteiger partial charge < -0.3 is 4.74 Å². The average molecular weight is 304 g/mol. The molecular formula is C15H14BrNO. The van der Waals surface area contributed by atoms with E-state index < -0.39 is 0 Å². The van der Waals surface area contributed by atoms with Crippen molar-refractivity contribution in [3.05, 3.63) is 71.3 Å². The Morgan fingerprint density at radius 2 is 1.72 bits per heavy atom. The van der Waals surface area contributed by atoms with Gasteiger partial charge in [0.1, 0.15) is 6.61 Å². The quantitative estimate of drug-likeness (QED) is 0.514. The molecule has 18 heavy (non-hydrogen) atoms. The zero-order valence-corrected chi connectivity index (χ0v) is 11.5. The van der Waals surface area contributed by atoms with E-state index in [0.29, 0.717) is 6.61 Å². The van der Waals surface area contributed by atoms with E-state index in [-0.39, 0.29) is 5.90 Å². The highest BCUT2D eigenvalue weighted by molar-refractivity contribution is 9.08. The lowest BCUT2D eigenvalue weighted by molar-refractivity contribution is 0.291. The fourth-order valence-electron chi connectivity index (χ4n) is 1.63. The largest absolute Gasteiger partial charge is 0.473 e. The van der Waals surface area contributed by atoms with Crippen molar-refractivity contribution < 1.29 is 4.74 Å². The molecule has 0 heterocycles. The Morgan fingerprint density at radius 1 is 1.00 bits per heavy atom. The van der Waals surface area contributed by atoms with Crippen molar-refractivity contribution in [1.29, 1.82) is 5.41 Å². The van der Waals surface area contributed by atoms with E-state index in [2.05, 4.69) is 28.1 Å². The summed E-state index contributed by atoms with van der Waals surface area (Å²) in [4.78, 5) is 0. The van der Waals surface area contributed by atoms with Crippen molar-refractivity contribution in [2.75, 3.05) is 0 Å². The van der Waals surface area contributed by atoms with Crippen LogP contribution in [0.25, 0.3) is 0 Å². The van der Waals surface area contributed by atoms with Gasteiger partial charge in [0.05, 0.1) is 0 Å². The minimum Gasteiger partial charge on any atom is -0.473 e. The smallest absolute Gasteiger partial charge is 0.213 e. The van der Waals surface area contributed by atoms with Crippen LogP contribution in [0.2, 0.25) is 0 Å². The molecule has 2 aromatic rings. The Hall–Kier alpha value is -1.61. The first-order valence-electron chi connectivity index (χ1n) is 5.70. The number of alkyl halides is 1. The summed E-state index contributed by atoms with van der Waals surface area (Å²) in [6, 6.07) is 17.6. The Morgan fingerprint density at radius 3 is 2.44 bits per heavy atom. The number of hydrogen-bond donors (Lipinski definition) is 1. The maximum Gasteiger partial charge on any atom is 0.213 e. The SMILES string of the molecule is N=C(OCc1cccc(CBr)c1)c1ccccc1. The molecule has 0 unspecified atom stereocenters. The van der Waals surface area contributed by atoms with Crippen LogP contribution < -0.4 is 0 Å². The Balaban J connectivity index is 1.97. The Bertz CT molecular complexity index is 525. The third-order valence-corrected chi connectivity index (χ3v) is 3.21. The maximum absolute atomic E-state index is 7.85. The predicted molar refractivity (Wildman–Crippen MR) is 77.1 cm³/mol. The molecule has 92 valence electrons. The first kappa shape index (κ1) is 12.8. The van der Waals surface area contributed by atoms with Crippen molar-refractivity contribution in [1.82, 2.24) is 0 Å². The van der Waals surface area contributed by atoms with Gasteiger partial charge in [-0.3, -0.25) is 5.41 Å². The molecule has 0 bridgehead atoms. The molecule has 0 saturated carbocycles. The first-order chi connectivity index (χ1) is 8.79. The first-order valence-corrected chi connectivity index (χ1v) is 6.82. The highest BCUT2D eigenvalue weighted by Gasteiger charge is 2.02. The van der Waals surface area contributed by atoms with Crippen LogP contribution in [0.4, 0.5) is 0 Å². The summed E-state index contributed by atoms with van der Waals surface area (Å²) in [6.07, 6.45) is 0. The molecule has 2 rings (SSSR count). The molecule has 0 aliphatic rings. The van der Waals surface area contributed by atoms with E-state index in [1.165, 1.54) is 5.56 Å². The third-order valence-electron chi connectivity index (χ3n) is 2.56. The van der Waals surface area contributed by atoms with Crippen molar-refractivity contribution in [2.24, 2.45) is 0 Å². The maximum atomic E-state index is 7.85. The molecule has 0 amide bonds. The van der Waals surface area contributed by atoms with Gasteiger partial charge in [-0.25, -0.2) is 0 Å². The van der Waals surface area contributed by atoms with Crippen molar-refractivity contribution in [3.8, 4) is 0 Å². The van der Waals surface area contributed by atoms with Crippen LogP contribution in [-0.2, 0) is 16.7 Å². The zero-order chi connectivity index (χ0) is 12.8. The van der Waals surface area contributed by atoms with E-state index in [0.717, 1.165) is 16.5 Å². The lowest BCUT2D eigenvalue weighted by Gasteiger charge is -2.08. The van der Waals surface area contributed by atoms with E-state index >= 15 is 0 Å². The van der Waals surface area contributed by atoms with Gasteiger partial charge >= 0.3 is 0 Å². The lowest BCUT2D eigenvalue weighted by Crippen LogP contribution is -2.05. The van der Waals surface area contributed by atoms with Crippen LogP contribution in [0.3, 0.4) is 0 Å². The summed E-state index contributed by atoms with van der Waals surface area (Å²) in [5.74, 6) is 0.208. The normalized spacial score (nSPS) is 10.1. The number of hydrogen-bond acceptors (Lipinski definition) is 2. The van der Waals surface area contributed by atoms with Crippen LogP contribution in [0.5, 0.6) is 0 Å². The molecule has 0 aromatic heterocycles. The fraction of sp³-hybridized carbons (Fsp3) is 0.133. The van der Waals surface area contributed by atoms with Crippen molar-refractivity contribution >= 4 is 21.8 Å². The molecule has 2 aromatic carbocycles. The molecule has 0 fully saturated rings. The molecule has 0 spiro atoms. The van der Waals surface area contributed by atoms with Crippen LogP contribution >= 0.6 is 15.9 Å². The molecule has 1 N–H and O–H groups in total. The number of rotatable bonds is 4. The van der Waals surface area contributed by atoms with E-state index in [4.69, 9.17) is 10.1 Å². The van der Waals surface area contributed by atoms with Gasteiger partial charge in [-0.1, -0.05) is 58.4 Å². The summed E-state index contributed by atoms with van der Waals surface area (Å²) >= 11 is 3.43. The molecule has 0 radical (unpaired) electrons. The second kappa shape index (κ2) is 6.36. The zero-order valence-electron chi connectivity index (χ0n) is 9.90. The number of ether oxygens (including phenoxy) is 1. The van der Waals surface area contributed by atoms with Crippen molar-refractivity contribution in [2.45, 2.75) is 11.9 Å². The highest BCUT2D eigenvalue weighted by Crippen LogP contribution is 2.11. The third kappa shape index (κ3) is 3.44. The number of nitrogens with one attached hydrogen (secondary N) is 1. The minimum absolute atomic E-state index is 0.208. The van der Waals surface area contributed by atoms with E-state index in [1.54, 1.807) is 0 Å². The molecular weight excluding hydrogens is 290 g/mol. The summed E-state index contributed by atoms with van der Waals surface area (Å²) in [5, 5.41) is 8.68. The number of benzene rings is 2. The average Bonchev–Trinajstić information content (AvgIpc) is 2.46. The van der Waals surface area contributed by atoms with Gasteiger partial charge in [0.15, 0.2) is 0 Å².